The van der Waals surface area contributed by atoms with Crippen LogP contribution in [0, 0.1) is 35.5 Å². The number of benzene rings is 3. The summed E-state index contributed by atoms with van der Waals surface area (Å²) in [5, 5.41) is 2.88. The van der Waals surface area contributed by atoms with Crippen molar-refractivity contribution in [1.29, 1.82) is 0 Å². The fraction of sp³-hybridized carbons (Fsp3) is 0.233. The largest absolute Gasteiger partial charge is 0.457 e. The monoisotopic (exact) mass is 476 g/mol. The number of anilines is 2. The number of nitrogens with zero attached hydrogens (tertiary/aromatic N) is 1. The van der Waals surface area contributed by atoms with Crippen molar-refractivity contribution < 1.29 is 19.1 Å². The third kappa shape index (κ3) is 3.28. The predicted octanol–water partition coefficient (Wildman–Crippen LogP) is 5.29. The standard InChI is InChI=1S/C30H24N2O4/c33-28(31-18-8-12-21(13-9-18)36-20-4-2-1-3-5-20)17-6-10-19(11-7-17)32-29(34)26-22-14-15-23(25-16-24(22)25)27(26)30(32)35/h1-15,22-27H,16H2,(H,31,33)/t22-,23+,24-,25-,26+,27-/m1/s1. The number of allylic oxidation sites excluding steroid dienone is 2. The molecule has 0 aromatic heterocycles. The summed E-state index contributed by atoms with van der Waals surface area (Å²) in [6.07, 6.45) is 5.48. The van der Waals surface area contributed by atoms with Crippen LogP contribution in [0.2, 0.25) is 0 Å². The molecule has 3 aromatic carbocycles. The van der Waals surface area contributed by atoms with Crippen LogP contribution in [0.25, 0.3) is 0 Å². The van der Waals surface area contributed by atoms with E-state index in [9.17, 15) is 14.4 Å². The second-order valence-corrected chi connectivity index (χ2v) is 10.1. The molecule has 6 heteroatoms. The molecule has 3 amide bonds. The number of imide groups is 1. The van der Waals surface area contributed by atoms with E-state index >= 15 is 0 Å². The van der Waals surface area contributed by atoms with Gasteiger partial charge in [0.05, 0.1) is 17.5 Å². The number of carbonyl (C=O) groups is 3. The number of nitrogens with one attached hydrogen (secondary N) is 1. The summed E-state index contributed by atoms with van der Waals surface area (Å²) in [5.74, 6) is 2.03. The van der Waals surface area contributed by atoms with Gasteiger partial charge in [0.15, 0.2) is 0 Å². The molecule has 3 aromatic rings. The maximum Gasteiger partial charge on any atom is 0.255 e. The van der Waals surface area contributed by atoms with E-state index in [4.69, 9.17) is 4.74 Å². The molecule has 1 heterocycles. The number of para-hydroxylation sites is 1. The summed E-state index contributed by atoms with van der Waals surface area (Å²) >= 11 is 0. The molecule has 1 saturated heterocycles. The summed E-state index contributed by atoms with van der Waals surface area (Å²) in [4.78, 5) is 40.7. The van der Waals surface area contributed by atoms with Crippen molar-refractivity contribution in [3.8, 4) is 11.5 Å². The van der Waals surface area contributed by atoms with Gasteiger partial charge in [-0.05, 0) is 90.8 Å². The van der Waals surface area contributed by atoms with E-state index in [1.165, 1.54) is 4.90 Å². The number of amides is 3. The molecule has 1 aliphatic heterocycles. The molecule has 8 rings (SSSR count). The highest BCUT2D eigenvalue weighted by Gasteiger charge is 2.67. The molecule has 1 N–H and O–H groups in total. The first-order valence-electron chi connectivity index (χ1n) is 12.4. The van der Waals surface area contributed by atoms with Gasteiger partial charge in [0.1, 0.15) is 11.5 Å². The van der Waals surface area contributed by atoms with Crippen molar-refractivity contribution >= 4 is 29.1 Å². The second-order valence-electron chi connectivity index (χ2n) is 10.1. The minimum atomic E-state index is -0.270. The zero-order valence-electron chi connectivity index (χ0n) is 19.4. The van der Waals surface area contributed by atoms with Crippen LogP contribution in [0.1, 0.15) is 16.8 Å². The van der Waals surface area contributed by atoms with Crippen LogP contribution in [0.5, 0.6) is 11.5 Å². The molecule has 4 aliphatic carbocycles. The molecule has 0 unspecified atom stereocenters. The lowest BCUT2D eigenvalue weighted by Crippen LogP contribution is -2.40. The van der Waals surface area contributed by atoms with Crippen molar-refractivity contribution in [2.75, 3.05) is 10.2 Å². The first kappa shape index (κ1) is 21.1. The lowest BCUT2D eigenvalue weighted by atomic mass is 9.63. The van der Waals surface area contributed by atoms with Gasteiger partial charge in [-0.1, -0.05) is 30.4 Å². The van der Waals surface area contributed by atoms with Crippen molar-refractivity contribution in [3.63, 3.8) is 0 Å². The van der Waals surface area contributed by atoms with Gasteiger partial charge >= 0.3 is 0 Å². The number of rotatable bonds is 5. The molecule has 2 bridgehead atoms. The van der Waals surface area contributed by atoms with E-state index in [1.54, 1.807) is 48.5 Å². The molecule has 0 spiro atoms. The van der Waals surface area contributed by atoms with Crippen LogP contribution >= 0.6 is 0 Å². The van der Waals surface area contributed by atoms with E-state index in [1.807, 2.05) is 30.3 Å². The Morgan fingerprint density at radius 2 is 1.33 bits per heavy atom. The van der Waals surface area contributed by atoms with Crippen molar-refractivity contribution in [1.82, 2.24) is 0 Å². The highest BCUT2D eigenvalue weighted by atomic mass is 16.5. The first-order chi connectivity index (χ1) is 17.6. The Labute approximate surface area is 208 Å². The number of carbonyl (C=O) groups excluding carboxylic acids is 3. The minimum Gasteiger partial charge on any atom is -0.457 e. The van der Waals surface area contributed by atoms with E-state index in [-0.39, 0.29) is 41.4 Å². The smallest absolute Gasteiger partial charge is 0.255 e. The molecule has 6 atom stereocenters. The summed E-state index contributed by atoms with van der Waals surface area (Å²) < 4.78 is 5.79. The molecule has 5 aliphatic rings. The summed E-state index contributed by atoms with van der Waals surface area (Å²) in [7, 11) is 0. The minimum absolute atomic E-state index is 0.0929. The van der Waals surface area contributed by atoms with Gasteiger partial charge in [-0.2, -0.15) is 0 Å². The lowest BCUT2D eigenvalue weighted by molar-refractivity contribution is -0.124. The number of ether oxygens (including phenoxy) is 1. The van der Waals surface area contributed by atoms with Gasteiger partial charge in [-0.25, -0.2) is 0 Å². The van der Waals surface area contributed by atoms with Gasteiger partial charge in [0.25, 0.3) is 5.91 Å². The Balaban J connectivity index is 1.03. The average molecular weight is 477 g/mol. The maximum atomic E-state index is 13.3. The Hall–Kier alpha value is -4.19. The quantitative estimate of drug-likeness (QED) is 0.401. The summed E-state index contributed by atoms with van der Waals surface area (Å²) in [5.41, 5.74) is 1.62. The number of hydrogen-bond donors (Lipinski definition) is 1. The van der Waals surface area contributed by atoms with E-state index < -0.39 is 0 Å². The zero-order chi connectivity index (χ0) is 24.4. The second kappa shape index (κ2) is 7.92. The van der Waals surface area contributed by atoms with E-state index in [0.717, 1.165) is 12.2 Å². The Bertz CT molecular complexity index is 1360. The van der Waals surface area contributed by atoms with Gasteiger partial charge in [-0.3, -0.25) is 19.3 Å². The molecular weight excluding hydrogens is 452 g/mol. The number of hydrogen-bond acceptors (Lipinski definition) is 4. The van der Waals surface area contributed by atoms with E-state index in [2.05, 4.69) is 17.5 Å². The highest BCUT2D eigenvalue weighted by molar-refractivity contribution is 6.22. The molecular formula is C30H24N2O4. The lowest BCUT2D eigenvalue weighted by Gasteiger charge is -2.37. The summed E-state index contributed by atoms with van der Waals surface area (Å²) in [6, 6.07) is 23.3. The Kier molecular flexibility index (Phi) is 4.64. The molecule has 2 saturated carbocycles. The highest BCUT2D eigenvalue weighted by Crippen LogP contribution is 2.65. The van der Waals surface area contributed by atoms with Crippen LogP contribution in [-0.4, -0.2) is 17.7 Å². The average Bonchev–Trinajstić information content (AvgIpc) is 3.69. The van der Waals surface area contributed by atoms with Crippen LogP contribution in [0.3, 0.4) is 0 Å². The molecule has 178 valence electrons. The van der Waals surface area contributed by atoms with Crippen molar-refractivity contribution in [2.45, 2.75) is 6.42 Å². The van der Waals surface area contributed by atoms with Crippen LogP contribution in [0.4, 0.5) is 11.4 Å². The topological polar surface area (TPSA) is 75.7 Å². The SMILES string of the molecule is O=C(Nc1ccc(Oc2ccccc2)cc1)c1ccc(N2C(=O)[C@@H]3[C@H]4C=C[C@H]([C@H]5C[C@H]45)[C@@H]3C2=O)cc1. The van der Waals surface area contributed by atoms with Crippen LogP contribution in [-0.2, 0) is 9.59 Å². The fourth-order valence-electron chi connectivity index (χ4n) is 6.41. The molecule has 6 nitrogen and oxygen atoms in total. The van der Waals surface area contributed by atoms with E-state index in [0.29, 0.717) is 34.5 Å². The molecule has 3 fully saturated rings. The van der Waals surface area contributed by atoms with Gasteiger partial charge in [0, 0.05) is 11.3 Å². The van der Waals surface area contributed by atoms with Gasteiger partial charge in [0.2, 0.25) is 11.8 Å². The maximum absolute atomic E-state index is 13.3. The third-order valence-electron chi connectivity index (χ3n) is 8.14. The van der Waals surface area contributed by atoms with Gasteiger partial charge in [-0.15, -0.1) is 0 Å². The summed E-state index contributed by atoms with van der Waals surface area (Å²) in [6.45, 7) is 0. The third-order valence-corrected chi connectivity index (χ3v) is 8.14. The molecule has 0 radical (unpaired) electrons. The predicted molar refractivity (Wildman–Crippen MR) is 135 cm³/mol. The Morgan fingerprint density at radius 1 is 0.750 bits per heavy atom. The Morgan fingerprint density at radius 3 is 1.94 bits per heavy atom. The van der Waals surface area contributed by atoms with Crippen molar-refractivity contribution in [2.24, 2.45) is 35.5 Å². The molecule has 36 heavy (non-hydrogen) atoms. The normalized spacial score (nSPS) is 29.1. The fourth-order valence-corrected chi connectivity index (χ4v) is 6.41. The first-order valence-corrected chi connectivity index (χ1v) is 12.4. The van der Waals surface area contributed by atoms with Gasteiger partial charge < -0.3 is 10.1 Å². The van der Waals surface area contributed by atoms with Crippen molar-refractivity contribution in [3.05, 3.63) is 96.6 Å². The zero-order valence-corrected chi connectivity index (χ0v) is 19.4. The van der Waals surface area contributed by atoms with Crippen LogP contribution in [0.15, 0.2) is 91.0 Å². The van der Waals surface area contributed by atoms with Crippen LogP contribution < -0.4 is 15.0 Å².